The summed E-state index contributed by atoms with van der Waals surface area (Å²) in [6, 6.07) is 13.9. The van der Waals surface area contributed by atoms with Gasteiger partial charge in [-0.15, -0.1) is 11.3 Å². The molecule has 4 nitrogen and oxygen atoms in total. The lowest BCUT2D eigenvalue weighted by Crippen LogP contribution is -2.03. The van der Waals surface area contributed by atoms with E-state index in [9.17, 15) is 4.79 Å². The molecule has 4 rings (SSSR count). The van der Waals surface area contributed by atoms with Gasteiger partial charge in [-0.05, 0) is 46.5 Å². The molecule has 0 bridgehead atoms. The first-order chi connectivity index (χ1) is 14.1. The van der Waals surface area contributed by atoms with Crippen molar-refractivity contribution in [2.75, 3.05) is 14.2 Å². The molecule has 0 spiro atoms. The Morgan fingerprint density at radius 1 is 1.14 bits per heavy atom. The minimum absolute atomic E-state index is 0.328. The Balaban J connectivity index is 0.000000224. The molecule has 29 heavy (non-hydrogen) atoms. The summed E-state index contributed by atoms with van der Waals surface area (Å²) < 4.78 is 11.6. The van der Waals surface area contributed by atoms with Crippen LogP contribution in [-0.4, -0.2) is 25.2 Å². The molecule has 2 aromatic carbocycles. The fraction of sp³-hybridized carbons (Fsp3) is 0.391. The maximum absolute atomic E-state index is 11.7. The Morgan fingerprint density at radius 3 is 2.52 bits per heavy atom. The summed E-state index contributed by atoms with van der Waals surface area (Å²) in [7, 11) is 3.10. The molecule has 1 aliphatic rings. The smallest absolute Gasteiger partial charge is 0.339 e. The zero-order valence-electron chi connectivity index (χ0n) is 16.8. The third-order valence-electron chi connectivity index (χ3n) is 5.01. The topological polar surface area (TPSA) is 48.4 Å². The van der Waals surface area contributed by atoms with Gasteiger partial charge in [0.25, 0.3) is 0 Å². The van der Waals surface area contributed by atoms with E-state index in [4.69, 9.17) is 14.5 Å². The number of fused-ring (bicyclic) bond motifs is 1. The highest BCUT2D eigenvalue weighted by atomic mass is 79.9. The molecule has 1 saturated carbocycles. The Morgan fingerprint density at radius 2 is 1.86 bits per heavy atom. The number of hydrogen-bond donors (Lipinski definition) is 0. The Hall–Kier alpha value is -1.76. The van der Waals surface area contributed by atoms with Crippen molar-refractivity contribution < 1.29 is 14.3 Å². The Kier molecular flexibility index (Phi) is 8.21. The second kappa shape index (κ2) is 10.9. The highest BCUT2D eigenvalue weighted by Crippen LogP contribution is 2.38. The van der Waals surface area contributed by atoms with Crippen LogP contribution in [0.1, 0.15) is 59.0 Å². The summed E-state index contributed by atoms with van der Waals surface area (Å²) >= 11 is 5.19. The monoisotopic (exact) mass is 475 g/mol. The Bertz CT molecular complexity index is 936. The van der Waals surface area contributed by atoms with Gasteiger partial charge in [0, 0.05) is 17.5 Å². The Labute approximate surface area is 184 Å². The molecule has 1 fully saturated rings. The van der Waals surface area contributed by atoms with E-state index >= 15 is 0 Å². The number of carbonyl (C=O) groups is 1. The lowest BCUT2D eigenvalue weighted by atomic mass is 9.90. The number of rotatable bonds is 4. The number of halogens is 1. The van der Waals surface area contributed by atoms with Gasteiger partial charge in [-0.1, -0.05) is 49.6 Å². The number of aromatic nitrogens is 1. The van der Waals surface area contributed by atoms with Crippen LogP contribution in [0, 0.1) is 0 Å². The van der Waals surface area contributed by atoms with E-state index in [1.807, 2.05) is 42.5 Å². The van der Waals surface area contributed by atoms with E-state index in [1.54, 1.807) is 18.4 Å². The van der Waals surface area contributed by atoms with E-state index in [2.05, 4.69) is 15.9 Å². The zero-order valence-corrected chi connectivity index (χ0v) is 19.2. The van der Waals surface area contributed by atoms with E-state index in [0.29, 0.717) is 18.1 Å². The van der Waals surface area contributed by atoms with Crippen molar-refractivity contribution in [1.29, 1.82) is 0 Å². The second-order valence-electron chi connectivity index (χ2n) is 7.10. The second-order valence-corrected chi connectivity index (χ2v) is 9.01. The van der Waals surface area contributed by atoms with Crippen LogP contribution in [-0.2, 0) is 16.1 Å². The molecule has 1 aliphatic carbocycles. The van der Waals surface area contributed by atoms with Crippen LogP contribution >= 0.6 is 27.3 Å². The van der Waals surface area contributed by atoms with Gasteiger partial charge in [-0.25, -0.2) is 9.78 Å². The van der Waals surface area contributed by atoms with E-state index in [0.717, 1.165) is 14.7 Å². The quantitative estimate of drug-likeness (QED) is 0.392. The summed E-state index contributed by atoms with van der Waals surface area (Å²) in [5.41, 5.74) is 2.67. The van der Waals surface area contributed by atoms with Crippen LogP contribution in [0.2, 0.25) is 0 Å². The predicted molar refractivity (Wildman–Crippen MR) is 122 cm³/mol. The number of carbonyl (C=O) groups excluding carboxylic acids is 1. The molecule has 0 saturated heterocycles. The first kappa shape index (κ1) is 21.9. The van der Waals surface area contributed by atoms with Gasteiger partial charge in [-0.3, -0.25) is 0 Å². The fourth-order valence-electron chi connectivity index (χ4n) is 3.50. The van der Waals surface area contributed by atoms with Gasteiger partial charge in [0.1, 0.15) is 0 Å². The average molecular weight is 476 g/mol. The molecule has 0 amide bonds. The molecule has 0 N–H and O–H groups in total. The van der Waals surface area contributed by atoms with E-state index in [1.165, 1.54) is 49.8 Å². The van der Waals surface area contributed by atoms with Crippen LogP contribution in [0.5, 0.6) is 0 Å². The molecular formula is C23H26BrNO3S. The van der Waals surface area contributed by atoms with Crippen molar-refractivity contribution in [1.82, 2.24) is 4.98 Å². The van der Waals surface area contributed by atoms with Gasteiger partial charge in [0.05, 0.1) is 34.5 Å². The number of methoxy groups -OCH3 is 2. The normalized spacial score (nSPS) is 14.3. The van der Waals surface area contributed by atoms with Crippen molar-refractivity contribution in [3.63, 3.8) is 0 Å². The molecule has 6 heteroatoms. The molecule has 3 aromatic rings. The van der Waals surface area contributed by atoms with Crippen molar-refractivity contribution in [2.45, 2.75) is 44.6 Å². The highest BCUT2D eigenvalue weighted by Gasteiger charge is 2.20. The van der Waals surface area contributed by atoms with Gasteiger partial charge in [0.15, 0.2) is 0 Å². The SMILES string of the molecule is COC(=O)c1cc2nc(C3CCCCC3)sc2cc1Br.COCc1ccccc1. The number of benzene rings is 2. The zero-order chi connectivity index (χ0) is 20.6. The lowest BCUT2D eigenvalue weighted by molar-refractivity contribution is 0.0600. The van der Waals surface area contributed by atoms with Gasteiger partial charge < -0.3 is 9.47 Å². The fourth-order valence-corrected chi connectivity index (χ4v) is 5.31. The van der Waals surface area contributed by atoms with Crippen molar-refractivity contribution in [3.05, 3.63) is 63.1 Å². The third-order valence-corrected chi connectivity index (χ3v) is 6.84. The van der Waals surface area contributed by atoms with Crippen LogP contribution in [0.15, 0.2) is 46.9 Å². The van der Waals surface area contributed by atoms with Crippen molar-refractivity contribution in [2.24, 2.45) is 0 Å². The molecule has 1 aromatic heterocycles. The maximum atomic E-state index is 11.7. The molecule has 0 aliphatic heterocycles. The van der Waals surface area contributed by atoms with Gasteiger partial charge in [0.2, 0.25) is 0 Å². The van der Waals surface area contributed by atoms with Crippen molar-refractivity contribution >= 4 is 43.5 Å². The van der Waals surface area contributed by atoms with E-state index < -0.39 is 0 Å². The van der Waals surface area contributed by atoms with Crippen molar-refractivity contribution in [3.8, 4) is 0 Å². The minimum Gasteiger partial charge on any atom is -0.465 e. The van der Waals surface area contributed by atoms with Crippen LogP contribution in [0.4, 0.5) is 0 Å². The summed E-state index contributed by atoms with van der Waals surface area (Å²) in [4.78, 5) is 16.5. The average Bonchev–Trinajstić information content (AvgIpc) is 3.17. The number of thiazole rings is 1. The predicted octanol–water partition coefficient (Wildman–Crippen LogP) is 6.73. The lowest BCUT2D eigenvalue weighted by Gasteiger charge is -2.18. The van der Waals surface area contributed by atoms with Crippen LogP contribution in [0.3, 0.4) is 0 Å². The first-order valence-electron chi connectivity index (χ1n) is 9.83. The van der Waals surface area contributed by atoms with Crippen LogP contribution in [0.25, 0.3) is 10.2 Å². The molecule has 0 unspecified atom stereocenters. The van der Waals surface area contributed by atoms with Crippen LogP contribution < -0.4 is 0 Å². The molecule has 0 atom stereocenters. The minimum atomic E-state index is -0.328. The van der Waals surface area contributed by atoms with E-state index in [-0.39, 0.29) is 5.97 Å². The summed E-state index contributed by atoms with van der Waals surface area (Å²) in [5, 5.41) is 1.22. The molecular weight excluding hydrogens is 450 g/mol. The van der Waals surface area contributed by atoms with Gasteiger partial charge >= 0.3 is 5.97 Å². The molecule has 0 radical (unpaired) electrons. The molecule has 154 valence electrons. The maximum Gasteiger partial charge on any atom is 0.339 e. The first-order valence-corrected chi connectivity index (χ1v) is 11.4. The standard InChI is InChI=1S/C15H16BrNO2S.C8H10O/c1-19-15(18)10-7-12-13(8-11(10)16)20-14(17-12)9-5-3-2-4-6-9;1-9-7-8-5-3-2-4-6-8/h7-9H,2-6H2,1H3;2-6H,7H2,1H3. The summed E-state index contributed by atoms with van der Waals surface area (Å²) in [6.07, 6.45) is 6.44. The number of nitrogens with zero attached hydrogens (tertiary/aromatic N) is 1. The number of ether oxygens (including phenoxy) is 2. The third kappa shape index (κ3) is 5.87. The number of esters is 1. The summed E-state index contributed by atoms with van der Waals surface area (Å²) in [6.45, 7) is 0.709. The summed E-state index contributed by atoms with van der Waals surface area (Å²) in [5.74, 6) is 0.271. The number of hydrogen-bond acceptors (Lipinski definition) is 5. The molecule has 1 heterocycles. The largest absolute Gasteiger partial charge is 0.465 e. The highest BCUT2D eigenvalue weighted by molar-refractivity contribution is 9.10. The van der Waals surface area contributed by atoms with Gasteiger partial charge in [-0.2, -0.15) is 0 Å².